The van der Waals surface area contributed by atoms with Gasteiger partial charge in [-0.2, -0.15) is 0 Å². The standard InChI is InChI=1S/C23H23Cl2NO6/c24-18-2-1-3-19(25)17(18)12-32-16-8-4-13(5-9-16)10-20(23(30)31)26-21(27)14-6-7-15(11-14)22(28)29/h1-5,8-9,14-15,20H,6-7,10-12H2,(H,26,27)(H,28,29)(H,30,31)/t14-,15+,20+/m1/s1. The average Bonchev–Trinajstić information content (AvgIpc) is 3.25. The molecule has 0 unspecified atom stereocenters. The van der Waals surface area contributed by atoms with Gasteiger partial charge >= 0.3 is 11.9 Å². The molecule has 0 heterocycles. The summed E-state index contributed by atoms with van der Waals surface area (Å²) in [5.74, 6) is -2.97. The van der Waals surface area contributed by atoms with Crippen LogP contribution in [0.15, 0.2) is 42.5 Å². The van der Waals surface area contributed by atoms with Crippen molar-refractivity contribution >= 4 is 41.0 Å². The second-order valence-corrected chi connectivity index (χ2v) is 8.60. The minimum absolute atomic E-state index is 0.0901. The van der Waals surface area contributed by atoms with Crippen molar-refractivity contribution in [2.75, 3.05) is 0 Å². The molecule has 170 valence electrons. The zero-order valence-corrected chi connectivity index (χ0v) is 18.6. The van der Waals surface area contributed by atoms with E-state index < -0.39 is 35.7 Å². The van der Waals surface area contributed by atoms with Gasteiger partial charge in [-0.25, -0.2) is 4.79 Å². The maximum atomic E-state index is 12.4. The third-order valence-electron chi connectivity index (χ3n) is 5.58. The molecule has 1 saturated carbocycles. The predicted octanol–water partition coefficient (Wildman–Crippen LogP) is 4.19. The fourth-order valence-corrected chi connectivity index (χ4v) is 4.22. The summed E-state index contributed by atoms with van der Waals surface area (Å²) < 4.78 is 5.72. The van der Waals surface area contributed by atoms with Crippen LogP contribution >= 0.6 is 23.2 Å². The Morgan fingerprint density at radius 2 is 1.62 bits per heavy atom. The van der Waals surface area contributed by atoms with Crippen LogP contribution in [0.25, 0.3) is 0 Å². The average molecular weight is 480 g/mol. The molecule has 0 radical (unpaired) electrons. The first-order chi connectivity index (χ1) is 15.2. The van der Waals surface area contributed by atoms with Crippen molar-refractivity contribution in [3.8, 4) is 5.75 Å². The number of carboxylic acids is 2. The molecule has 2 aromatic carbocycles. The van der Waals surface area contributed by atoms with Crippen molar-refractivity contribution in [2.45, 2.75) is 38.3 Å². The molecule has 0 aliphatic heterocycles. The number of rotatable bonds is 9. The van der Waals surface area contributed by atoms with Crippen LogP contribution in [0.2, 0.25) is 10.0 Å². The van der Waals surface area contributed by atoms with E-state index in [4.69, 9.17) is 33.0 Å². The number of nitrogens with one attached hydrogen (secondary N) is 1. The summed E-state index contributed by atoms with van der Waals surface area (Å²) in [6, 6.07) is 10.9. The molecule has 3 rings (SSSR count). The van der Waals surface area contributed by atoms with Gasteiger partial charge in [-0.05, 0) is 49.1 Å². The van der Waals surface area contributed by atoms with Gasteiger partial charge in [0.15, 0.2) is 0 Å². The number of benzene rings is 2. The van der Waals surface area contributed by atoms with E-state index in [1.807, 2.05) is 0 Å². The number of carbonyl (C=O) groups excluding carboxylic acids is 1. The van der Waals surface area contributed by atoms with Crippen LogP contribution in [0.4, 0.5) is 0 Å². The Morgan fingerprint density at radius 3 is 2.19 bits per heavy atom. The summed E-state index contributed by atoms with van der Waals surface area (Å²) in [5.41, 5.74) is 1.38. The molecular weight excluding hydrogens is 457 g/mol. The van der Waals surface area contributed by atoms with E-state index in [-0.39, 0.29) is 19.4 Å². The maximum absolute atomic E-state index is 12.4. The van der Waals surface area contributed by atoms with Gasteiger partial charge in [0, 0.05) is 27.9 Å². The fourth-order valence-electron chi connectivity index (χ4n) is 3.72. The van der Waals surface area contributed by atoms with Gasteiger partial charge < -0.3 is 20.3 Å². The predicted molar refractivity (Wildman–Crippen MR) is 119 cm³/mol. The molecule has 0 saturated heterocycles. The van der Waals surface area contributed by atoms with Gasteiger partial charge in [0.05, 0.1) is 5.92 Å². The largest absolute Gasteiger partial charge is 0.489 e. The molecule has 3 N–H and O–H groups in total. The highest BCUT2D eigenvalue weighted by Crippen LogP contribution is 2.31. The summed E-state index contributed by atoms with van der Waals surface area (Å²) >= 11 is 12.3. The van der Waals surface area contributed by atoms with E-state index in [9.17, 15) is 19.5 Å². The van der Waals surface area contributed by atoms with Crippen molar-refractivity contribution in [2.24, 2.45) is 11.8 Å². The lowest BCUT2D eigenvalue weighted by atomic mass is 10.0. The van der Waals surface area contributed by atoms with E-state index in [1.165, 1.54) is 0 Å². The molecule has 32 heavy (non-hydrogen) atoms. The van der Waals surface area contributed by atoms with Crippen molar-refractivity contribution in [3.63, 3.8) is 0 Å². The fraction of sp³-hybridized carbons (Fsp3) is 0.348. The van der Waals surface area contributed by atoms with Crippen molar-refractivity contribution in [3.05, 3.63) is 63.6 Å². The Labute approximate surface area is 195 Å². The quantitative estimate of drug-likeness (QED) is 0.496. The molecule has 1 aliphatic rings. The number of carboxylic acid groups (broad SMARTS) is 2. The molecule has 0 bridgehead atoms. The van der Waals surface area contributed by atoms with Crippen LogP contribution in [-0.2, 0) is 27.4 Å². The molecular formula is C23H23Cl2NO6. The number of aliphatic carboxylic acids is 2. The first-order valence-electron chi connectivity index (χ1n) is 10.1. The Morgan fingerprint density at radius 1 is 1.00 bits per heavy atom. The van der Waals surface area contributed by atoms with E-state index in [0.717, 1.165) is 0 Å². The normalized spacial score (nSPS) is 18.7. The first-order valence-corrected chi connectivity index (χ1v) is 10.9. The molecule has 1 fully saturated rings. The van der Waals surface area contributed by atoms with E-state index in [0.29, 0.717) is 39.8 Å². The molecule has 1 amide bonds. The summed E-state index contributed by atoms with van der Waals surface area (Å²) in [6.45, 7) is 0.185. The molecule has 7 nitrogen and oxygen atoms in total. The lowest BCUT2D eigenvalue weighted by Crippen LogP contribution is -2.44. The van der Waals surface area contributed by atoms with Crippen LogP contribution in [0, 0.1) is 11.8 Å². The zero-order chi connectivity index (χ0) is 23.3. The van der Waals surface area contributed by atoms with Crippen molar-refractivity contribution in [1.29, 1.82) is 0 Å². The zero-order valence-electron chi connectivity index (χ0n) is 17.1. The van der Waals surface area contributed by atoms with Crippen LogP contribution in [0.1, 0.15) is 30.4 Å². The molecule has 0 aromatic heterocycles. The third-order valence-corrected chi connectivity index (χ3v) is 6.28. The minimum Gasteiger partial charge on any atom is -0.489 e. The Hall–Kier alpha value is -2.77. The van der Waals surface area contributed by atoms with Gasteiger partial charge in [-0.3, -0.25) is 9.59 Å². The van der Waals surface area contributed by atoms with E-state index in [1.54, 1.807) is 42.5 Å². The maximum Gasteiger partial charge on any atom is 0.326 e. The number of carbonyl (C=O) groups is 3. The third kappa shape index (κ3) is 6.14. The Balaban J connectivity index is 1.57. The minimum atomic E-state index is -1.15. The lowest BCUT2D eigenvalue weighted by molar-refractivity contribution is -0.143. The highest BCUT2D eigenvalue weighted by atomic mass is 35.5. The van der Waals surface area contributed by atoms with Gasteiger partial charge in [0.1, 0.15) is 18.4 Å². The SMILES string of the molecule is O=C(O)[C@H]1CC[C@@H](C(=O)N[C@@H](Cc2ccc(OCc3c(Cl)cccc3Cl)cc2)C(=O)O)C1. The van der Waals surface area contributed by atoms with Crippen LogP contribution in [-0.4, -0.2) is 34.1 Å². The van der Waals surface area contributed by atoms with Crippen LogP contribution in [0.5, 0.6) is 5.75 Å². The smallest absolute Gasteiger partial charge is 0.326 e. The van der Waals surface area contributed by atoms with Crippen molar-refractivity contribution in [1.82, 2.24) is 5.32 Å². The second kappa shape index (κ2) is 10.7. The van der Waals surface area contributed by atoms with E-state index in [2.05, 4.69) is 5.32 Å². The number of hydrogen-bond donors (Lipinski definition) is 3. The topological polar surface area (TPSA) is 113 Å². The molecule has 0 spiro atoms. The molecule has 1 aliphatic carbocycles. The van der Waals surface area contributed by atoms with Gasteiger partial charge in [-0.15, -0.1) is 0 Å². The number of halogens is 2. The Bertz CT molecular complexity index is 974. The Kier molecular flexibility index (Phi) is 7.99. The highest BCUT2D eigenvalue weighted by Gasteiger charge is 2.35. The van der Waals surface area contributed by atoms with Crippen LogP contribution in [0.3, 0.4) is 0 Å². The van der Waals surface area contributed by atoms with Crippen LogP contribution < -0.4 is 10.1 Å². The first kappa shape index (κ1) is 23.9. The van der Waals surface area contributed by atoms with Gasteiger partial charge in [0.2, 0.25) is 5.91 Å². The highest BCUT2D eigenvalue weighted by molar-refractivity contribution is 6.35. The second-order valence-electron chi connectivity index (χ2n) is 7.78. The van der Waals surface area contributed by atoms with Crippen molar-refractivity contribution < 1.29 is 29.3 Å². The summed E-state index contributed by atoms with van der Waals surface area (Å²) in [7, 11) is 0. The monoisotopic (exact) mass is 479 g/mol. The number of ether oxygens (including phenoxy) is 1. The summed E-state index contributed by atoms with van der Waals surface area (Å²) in [6.07, 6.45) is 1.18. The van der Waals surface area contributed by atoms with Gasteiger partial charge in [0.25, 0.3) is 0 Å². The van der Waals surface area contributed by atoms with E-state index >= 15 is 0 Å². The summed E-state index contributed by atoms with van der Waals surface area (Å²) in [4.78, 5) is 35.2. The van der Waals surface area contributed by atoms with Gasteiger partial charge in [-0.1, -0.05) is 41.4 Å². The summed E-state index contributed by atoms with van der Waals surface area (Å²) in [5, 5.41) is 22.2. The molecule has 9 heteroatoms. The number of amides is 1. The molecule has 2 aromatic rings. The molecule has 3 atom stereocenters. The number of hydrogen-bond acceptors (Lipinski definition) is 4. The lowest BCUT2D eigenvalue weighted by Gasteiger charge is -2.18.